The van der Waals surface area contributed by atoms with Crippen LogP contribution in [0.5, 0.6) is 0 Å². The molecule has 0 saturated carbocycles. The summed E-state index contributed by atoms with van der Waals surface area (Å²) in [6.45, 7) is 4.11. The maximum absolute atomic E-state index is 12.8. The molecule has 0 fully saturated rings. The fourth-order valence-electron chi connectivity index (χ4n) is 1.50. The Labute approximate surface area is 105 Å². The van der Waals surface area contributed by atoms with Crippen molar-refractivity contribution in [3.05, 3.63) is 29.0 Å². The molecular formula is C12H16ClFN2O. The number of nitrogens with two attached hydrogens (primary N) is 1. The van der Waals surface area contributed by atoms with E-state index in [0.29, 0.717) is 5.69 Å². The van der Waals surface area contributed by atoms with E-state index in [2.05, 4.69) is 5.32 Å². The van der Waals surface area contributed by atoms with Gasteiger partial charge in [-0.15, -0.1) is 0 Å². The van der Waals surface area contributed by atoms with Crippen LogP contribution in [0.25, 0.3) is 0 Å². The molecular weight excluding hydrogens is 243 g/mol. The molecule has 5 heteroatoms. The van der Waals surface area contributed by atoms with Gasteiger partial charge in [0.2, 0.25) is 5.91 Å². The second kappa shape index (κ2) is 5.98. The fourth-order valence-corrected chi connectivity index (χ4v) is 1.71. The van der Waals surface area contributed by atoms with E-state index in [1.807, 2.05) is 13.8 Å². The summed E-state index contributed by atoms with van der Waals surface area (Å²) in [4.78, 5) is 11.9. The lowest BCUT2D eigenvalue weighted by Crippen LogP contribution is -2.33. The van der Waals surface area contributed by atoms with E-state index >= 15 is 0 Å². The highest BCUT2D eigenvalue weighted by Gasteiger charge is 2.21. The normalized spacial score (nSPS) is 12.6. The molecule has 0 aliphatic rings. The summed E-state index contributed by atoms with van der Waals surface area (Å²) in [7, 11) is 0. The second-order valence-corrected chi connectivity index (χ2v) is 4.61. The summed E-state index contributed by atoms with van der Waals surface area (Å²) >= 11 is 5.82. The van der Waals surface area contributed by atoms with Crippen molar-refractivity contribution in [1.29, 1.82) is 0 Å². The molecule has 1 amide bonds. The molecule has 94 valence electrons. The standard InChI is InChI=1S/C12H16ClFN2O/c1-7(2)9(6-15)12(17)16-11-4-3-8(14)5-10(11)13/h3-5,7,9H,6,15H2,1-2H3,(H,16,17). The second-order valence-electron chi connectivity index (χ2n) is 4.20. The molecule has 1 aromatic rings. The van der Waals surface area contributed by atoms with Gasteiger partial charge in [0.15, 0.2) is 0 Å². The largest absolute Gasteiger partial charge is 0.330 e. The molecule has 0 aromatic heterocycles. The molecule has 1 unspecified atom stereocenters. The zero-order valence-electron chi connectivity index (χ0n) is 9.84. The monoisotopic (exact) mass is 258 g/mol. The number of hydrogen-bond acceptors (Lipinski definition) is 2. The average molecular weight is 259 g/mol. The quantitative estimate of drug-likeness (QED) is 0.872. The number of amides is 1. The Morgan fingerprint density at radius 2 is 2.18 bits per heavy atom. The number of carbonyl (C=O) groups excluding carboxylic acids is 1. The van der Waals surface area contributed by atoms with Gasteiger partial charge in [-0.05, 0) is 24.1 Å². The zero-order chi connectivity index (χ0) is 13.0. The lowest BCUT2D eigenvalue weighted by molar-refractivity contribution is -0.120. The van der Waals surface area contributed by atoms with E-state index in [4.69, 9.17) is 17.3 Å². The first-order valence-electron chi connectivity index (χ1n) is 5.41. The summed E-state index contributed by atoms with van der Waals surface area (Å²) in [5.41, 5.74) is 5.94. The van der Waals surface area contributed by atoms with Gasteiger partial charge in [-0.25, -0.2) is 4.39 Å². The Balaban J connectivity index is 2.80. The van der Waals surface area contributed by atoms with Gasteiger partial charge in [0.05, 0.1) is 16.6 Å². The molecule has 1 rings (SSSR count). The molecule has 0 aliphatic carbocycles. The third-order valence-electron chi connectivity index (χ3n) is 2.58. The maximum Gasteiger partial charge on any atom is 0.229 e. The summed E-state index contributed by atoms with van der Waals surface area (Å²) in [5, 5.41) is 2.83. The molecule has 0 aliphatic heterocycles. The zero-order valence-corrected chi connectivity index (χ0v) is 10.6. The summed E-state index contributed by atoms with van der Waals surface area (Å²) < 4.78 is 12.8. The Kier molecular flexibility index (Phi) is 4.90. The third-order valence-corrected chi connectivity index (χ3v) is 2.90. The van der Waals surface area contributed by atoms with Crippen molar-refractivity contribution in [3.8, 4) is 0 Å². The summed E-state index contributed by atoms with van der Waals surface area (Å²) in [6.07, 6.45) is 0. The number of nitrogens with one attached hydrogen (secondary N) is 1. The van der Waals surface area contributed by atoms with Crippen LogP contribution in [0.15, 0.2) is 18.2 Å². The number of benzene rings is 1. The van der Waals surface area contributed by atoms with Gasteiger partial charge in [0.25, 0.3) is 0 Å². The lowest BCUT2D eigenvalue weighted by Gasteiger charge is -2.18. The van der Waals surface area contributed by atoms with Crippen molar-refractivity contribution in [2.75, 3.05) is 11.9 Å². The van der Waals surface area contributed by atoms with Crippen LogP contribution in [-0.4, -0.2) is 12.5 Å². The Hall–Kier alpha value is -1.13. The van der Waals surface area contributed by atoms with E-state index in [1.54, 1.807) is 0 Å². The first-order valence-corrected chi connectivity index (χ1v) is 5.79. The number of hydrogen-bond donors (Lipinski definition) is 2. The minimum absolute atomic E-state index is 0.138. The van der Waals surface area contributed by atoms with E-state index in [0.717, 1.165) is 6.07 Å². The molecule has 1 aromatic carbocycles. The molecule has 0 saturated heterocycles. The van der Waals surface area contributed by atoms with Crippen molar-refractivity contribution < 1.29 is 9.18 Å². The average Bonchev–Trinajstić information content (AvgIpc) is 2.22. The smallest absolute Gasteiger partial charge is 0.229 e. The van der Waals surface area contributed by atoms with E-state index in [9.17, 15) is 9.18 Å². The number of anilines is 1. The lowest BCUT2D eigenvalue weighted by atomic mass is 9.95. The maximum atomic E-state index is 12.8. The van der Waals surface area contributed by atoms with Crippen LogP contribution in [0.1, 0.15) is 13.8 Å². The minimum Gasteiger partial charge on any atom is -0.330 e. The van der Waals surface area contributed by atoms with E-state index in [-0.39, 0.29) is 29.3 Å². The molecule has 17 heavy (non-hydrogen) atoms. The number of carbonyl (C=O) groups is 1. The van der Waals surface area contributed by atoms with Gasteiger partial charge in [-0.3, -0.25) is 4.79 Å². The van der Waals surface area contributed by atoms with E-state index < -0.39 is 5.82 Å². The molecule has 3 N–H and O–H groups in total. The van der Waals surface area contributed by atoms with Crippen molar-refractivity contribution in [3.63, 3.8) is 0 Å². The molecule has 0 spiro atoms. The predicted molar refractivity (Wildman–Crippen MR) is 67.4 cm³/mol. The van der Waals surface area contributed by atoms with Crippen LogP contribution in [0.3, 0.4) is 0 Å². The van der Waals surface area contributed by atoms with Gasteiger partial charge in [0.1, 0.15) is 5.82 Å². The van der Waals surface area contributed by atoms with Crippen LogP contribution < -0.4 is 11.1 Å². The third kappa shape index (κ3) is 3.68. The highest BCUT2D eigenvalue weighted by molar-refractivity contribution is 6.33. The van der Waals surface area contributed by atoms with Crippen LogP contribution >= 0.6 is 11.6 Å². The van der Waals surface area contributed by atoms with Crippen LogP contribution in [0.2, 0.25) is 5.02 Å². The summed E-state index contributed by atoms with van der Waals surface area (Å²) in [6, 6.07) is 3.84. The van der Waals surface area contributed by atoms with Gasteiger partial charge in [0, 0.05) is 6.54 Å². The SMILES string of the molecule is CC(C)C(CN)C(=O)Nc1ccc(F)cc1Cl. The molecule has 0 bridgehead atoms. The fraction of sp³-hybridized carbons (Fsp3) is 0.417. The van der Waals surface area contributed by atoms with Gasteiger partial charge in [-0.1, -0.05) is 25.4 Å². The topological polar surface area (TPSA) is 55.1 Å². The van der Waals surface area contributed by atoms with Crippen molar-refractivity contribution in [2.24, 2.45) is 17.6 Å². The molecule has 1 atom stereocenters. The highest BCUT2D eigenvalue weighted by Crippen LogP contribution is 2.23. The van der Waals surface area contributed by atoms with Gasteiger partial charge >= 0.3 is 0 Å². The first kappa shape index (κ1) is 13.9. The van der Waals surface area contributed by atoms with Crippen molar-refractivity contribution in [2.45, 2.75) is 13.8 Å². The van der Waals surface area contributed by atoms with E-state index in [1.165, 1.54) is 12.1 Å². The molecule has 0 radical (unpaired) electrons. The Bertz CT molecular complexity index is 409. The van der Waals surface area contributed by atoms with Gasteiger partial charge < -0.3 is 11.1 Å². The number of rotatable bonds is 4. The van der Waals surface area contributed by atoms with Crippen molar-refractivity contribution >= 4 is 23.2 Å². The molecule has 0 heterocycles. The van der Waals surface area contributed by atoms with Crippen LogP contribution in [0, 0.1) is 17.7 Å². The molecule has 3 nitrogen and oxygen atoms in total. The predicted octanol–water partition coefficient (Wildman–Crippen LogP) is 2.65. The minimum atomic E-state index is -0.438. The Morgan fingerprint density at radius 3 is 2.65 bits per heavy atom. The van der Waals surface area contributed by atoms with Crippen molar-refractivity contribution in [1.82, 2.24) is 0 Å². The Morgan fingerprint density at radius 1 is 1.53 bits per heavy atom. The highest BCUT2D eigenvalue weighted by atomic mass is 35.5. The van der Waals surface area contributed by atoms with Gasteiger partial charge in [-0.2, -0.15) is 0 Å². The first-order chi connectivity index (χ1) is 7.95. The number of halogens is 2. The van der Waals surface area contributed by atoms with Crippen LogP contribution in [0.4, 0.5) is 10.1 Å². The summed E-state index contributed by atoms with van der Waals surface area (Å²) in [5.74, 6) is -0.779. The van der Waals surface area contributed by atoms with Crippen LogP contribution in [-0.2, 0) is 4.79 Å².